The van der Waals surface area contributed by atoms with Gasteiger partial charge in [0.15, 0.2) is 0 Å². The monoisotopic (exact) mass is 307 g/mol. The smallest absolute Gasteiger partial charge is 0.328 e. The van der Waals surface area contributed by atoms with Crippen LogP contribution in [0.15, 0.2) is 17.6 Å². The van der Waals surface area contributed by atoms with Gasteiger partial charge in [0.25, 0.3) is 5.91 Å². The van der Waals surface area contributed by atoms with E-state index in [0.717, 1.165) is 16.3 Å². The second-order valence-electron chi connectivity index (χ2n) is 5.36. The number of thiazole rings is 1. The second-order valence-corrected chi connectivity index (χ2v) is 6.42. The molecule has 2 aromatic rings. The minimum atomic E-state index is -1.32. The Labute approximate surface area is 126 Å². The highest BCUT2D eigenvalue weighted by Gasteiger charge is 2.30. The molecule has 0 aliphatic heterocycles. The fourth-order valence-electron chi connectivity index (χ4n) is 1.83. The molecule has 0 atom stereocenters. The minimum Gasteiger partial charge on any atom is -0.480 e. The van der Waals surface area contributed by atoms with E-state index < -0.39 is 17.4 Å². The first-order chi connectivity index (χ1) is 9.70. The van der Waals surface area contributed by atoms with Crippen LogP contribution in [0.2, 0.25) is 0 Å². The summed E-state index contributed by atoms with van der Waals surface area (Å²) < 4.78 is 1.66. The summed E-state index contributed by atoms with van der Waals surface area (Å²) in [7, 11) is 1.74. The molecule has 0 aromatic carbocycles. The Bertz CT molecular complexity index is 700. The Morgan fingerprint density at radius 1 is 1.43 bits per heavy atom. The number of hydrogen-bond donors (Lipinski definition) is 2. The lowest BCUT2D eigenvalue weighted by atomic mass is 10.1. The van der Waals surface area contributed by atoms with Gasteiger partial charge in [-0.3, -0.25) is 4.79 Å². The third-order valence-electron chi connectivity index (χ3n) is 3.11. The van der Waals surface area contributed by atoms with Crippen LogP contribution in [0.1, 0.15) is 29.3 Å². The van der Waals surface area contributed by atoms with Gasteiger partial charge >= 0.3 is 5.97 Å². The Hall–Kier alpha value is -2.15. The van der Waals surface area contributed by atoms with Gasteiger partial charge < -0.3 is 15.0 Å². The number of rotatable bonds is 4. The number of aromatic nitrogens is 2. The molecule has 0 saturated carbocycles. The molecule has 1 amide bonds. The van der Waals surface area contributed by atoms with E-state index in [9.17, 15) is 9.59 Å². The van der Waals surface area contributed by atoms with E-state index in [1.54, 1.807) is 23.9 Å². The molecule has 0 spiro atoms. The van der Waals surface area contributed by atoms with Gasteiger partial charge in [0, 0.05) is 24.2 Å². The largest absolute Gasteiger partial charge is 0.480 e. The molecule has 112 valence electrons. The van der Waals surface area contributed by atoms with E-state index in [1.165, 1.54) is 25.2 Å². The number of carboxylic acid groups (broad SMARTS) is 1. The third kappa shape index (κ3) is 3.13. The minimum absolute atomic E-state index is 0.393. The van der Waals surface area contributed by atoms with Crippen molar-refractivity contribution in [3.05, 3.63) is 28.3 Å². The quantitative estimate of drug-likeness (QED) is 0.905. The van der Waals surface area contributed by atoms with Crippen molar-refractivity contribution in [1.82, 2.24) is 14.9 Å². The molecular weight excluding hydrogens is 290 g/mol. The molecule has 21 heavy (non-hydrogen) atoms. The average molecular weight is 307 g/mol. The van der Waals surface area contributed by atoms with Crippen molar-refractivity contribution in [2.24, 2.45) is 7.05 Å². The normalized spacial score (nSPS) is 11.4. The molecule has 2 heterocycles. The van der Waals surface area contributed by atoms with Crippen LogP contribution in [0, 0.1) is 6.92 Å². The highest BCUT2D eigenvalue weighted by molar-refractivity contribution is 7.09. The van der Waals surface area contributed by atoms with Crippen LogP contribution in [0.4, 0.5) is 0 Å². The van der Waals surface area contributed by atoms with Gasteiger partial charge in [0.2, 0.25) is 0 Å². The molecular formula is C14H17N3O3S. The van der Waals surface area contributed by atoms with Crippen molar-refractivity contribution in [3.8, 4) is 11.3 Å². The van der Waals surface area contributed by atoms with Gasteiger partial charge in [-0.15, -0.1) is 11.3 Å². The summed E-state index contributed by atoms with van der Waals surface area (Å²) in [6, 6.07) is 1.71. The standard InChI is InChI=1S/C14H17N3O3S/c1-8-15-10(7-21-8)9-5-11(17(4)6-9)12(18)16-14(2,3)13(19)20/h5-7H,1-4H3,(H,16,18)(H,19,20). The van der Waals surface area contributed by atoms with Gasteiger partial charge in [-0.1, -0.05) is 0 Å². The van der Waals surface area contributed by atoms with E-state index in [0.29, 0.717) is 5.69 Å². The van der Waals surface area contributed by atoms with E-state index in [2.05, 4.69) is 10.3 Å². The number of carbonyl (C=O) groups is 2. The summed E-state index contributed by atoms with van der Waals surface area (Å²) in [5.41, 5.74) is 0.716. The molecule has 0 aliphatic rings. The van der Waals surface area contributed by atoms with Gasteiger partial charge in [0.1, 0.15) is 11.2 Å². The average Bonchev–Trinajstić information content (AvgIpc) is 2.94. The summed E-state index contributed by atoms with van der Waals surface area (Å²) in [6.07, 6.45) is 1.80. The highest BCUT2D eigenvalue weighted by Crippen LogP contribution is 2.23. The summed E-state index contributed by atoms with van der Waals surface area (Å²) in [5, 5.41) is 14.4. The molecule has 0 saturated heterocycles. The van der Waals surface area contributed by atoms with Crippen LogP contribution < -0.4 is 5.32 Å². The summed E-state index contributed by atoms with van der Waals surface area (Å²) >= 11 is 1.54. The van der Waals surface area contributed by atoms with Crippen molar-refractivity contribution in [2.45, 2.75) is 26.3 Å². The molecule has 0 aliphatic carbocycles. The maximum absolute atomic E-state index is 12.2. The van der Waals surface area contributed by atoms with Gasteiger partial charge in [-0.25, -0.2) is 9.78 Å². The topological polar surface area (TPSA) is 84.2 Å². The zero-order valence-electron chi connectivity index (χ0n) is 12.3. The van der Waals surface area contributed by atoms with Gasteiger partial charge in [-0.2, -0.15) is 0 Å². The Morgan fingerprint density at radius 2 is 2.10 bits per heavy atom. The van der Waals surface area contributed by atoms with E-state index >= 15 is 0 Å². The number of nitrogens with one attached hydrogen (secondary N) is 1. The Morgan fingerprint density at radius 3 is 2.62 bits per heavy atom. The molecule has 6 nitrogen and oxygen atoms in total. The predicted octanol–water partition coefficient (Wildman–Crippen LogP) is 2.05. The second kappa shape index (κ2) is 5.33. The Kier molecular flexibility index (Phi) is 3.87. The number of hydrogen-bond acceptors (Lipinski definition) is 4. The summed E-state index contributed by atoms with van der Waals surface area (Å²) in [4.78, 5) is 27.7. The molecule has 2 aromatic heterocycles. The number of amides is 1. The summed E-state index contributed by atoms with van der Waals surface area (Å²) in [6.45, 7) is 4.81. The maximum Gasteiger partial charge on any atom is 0.328 e. The fraction of sp³-hybridized carbons (Fsp3) is 0.357. The van der Waals surface area contributed by atoms with Crippen LogP contribution in [0.3, 0.4) is 0 Å². The van der Waals surface area contributed by atoms with Crippen molar-refractivity contribution >= 4 is 23.2 Å². The highest BCUT2D eigenvalue weighted by atomic mass is 32.1. The molecule has 0 bridgehead atoms. The first-order valence-corrected chi connectivity index (χ1v) is 7.23. The first-order valence-electron chi connectivity index (χ1n) is 6.35. The van der Waals surface area contributed by atoms with Crippen LogP contribution in [0.5, 0.6) is 0 Å². The lowest BCUT2D eigenvalue weighted by Gasteiger charge is -2.20. The van der Waals surface area contributed by atoms with E-state index in [4.69, 9.17) is 5.11 Å². The lowest BCUT2D eigenvalue weighted by molar-refractivity contribution is -0.143. The van der Waals surface area contributed by atoms with Crippen molar-refractivity contribution < 1.29 is 14.7 Å². The lowest BCUT2D eigenvalue weighted by Crippen LogP contribution is -2.50. The SMILES string of the molecule is Cc1nc(-c2cc(C(=O)NC(C)(C)C(=O)O)n(C)c2)cs1. The third-order valence-corrected chi connectivity index (χ3v) is 3.89. The van der Waals surface area contributed by atoms with Gasteiger partial charge in [-0.05, 0) is 26.8 Å². The van der Waals surface area contributed by atoms with Crippen LogP contribution >= 0.6 is 11.3 Å². The summed E-state index contributed by atoms with van der Waals surface area (Å²) in [5.74, 6) is -1.51. The zero-order chi connectivity index (χ0) is 15.8. The van der Waals surface area contributed by atoms with Crippen molar-refractivity contribution in [1.29, 1.82) is 0 Å². The fourth-order valence-corrected chi connectivity index (χ4v) is 2.45. The number of nitrogens with zero attached hydrogens (tertiary/aromatic N) is 2. The molecule has 0 unspecified atom stereocenters. The molecule has 2 rings (SSSR count). The van der Waals surface area contributed by atoms with E-state index in [-0.39, 0.29) is 0 Å². The Balaban J connectivity index is 2.27. The number of aryl methyl sites for hydroxylation is 2. The van der Waals surface area contributed by atoms with Crippen molar-refractivity contribution in [3.63, 3.8) is 0 Å². The zero-order valence-corrected chi connectivity index (χ0v) is 13.1. The van der Waals surface area contributed by atoms with E-state index in [1.807, 2.05) is 12.3 Å². The number of carboxylic acids is 1. The van der Waals surface area contributed by atoms with Crippen LogP contribution in [-0.4, -0.2) is 32.1 Å². The van der Waals surface area contributed by atoms with Crippen molar-refractivity contribution in [2.75, 3.05) is 0 Å². The van der Waals surface area contributed by atoms with Crippen LogP contribution in [0.25, 0.3) is 11.3 Å². The number of aliphatic carboxylic acids is 1. The maximum atomic E-state index is 12.2. The first kappa shape index (κ1) is 15.2. The molecule has 7 heteroatoms. The van der Waals surface area contributed by atoms with Gasteiger partial charge in [0.05, 0.1) is 10.7 Å². The molecule has 2 N–H and O–H groups in total. The molecule has 0 radical (unpaired) electrons. The molecule has 0 fully saturated rings. The predicted molar refractivity (Wildman–Crippen MR) is 80.4 cm³/mol. The van der Waals surface area contributed by atoms with Crippen LogP contribution in [-0.2, 0) is 11.8 Å². The number of carbonyl (C=O) groups excluding carboxylic acids is 1.